The molecule has 4 rings (SSSR count). The Labute approximate surface area is 202 Å². The zero-order chi connectivity index (χ0) is 24.9. The lowest BCUT2D eigenvalue weighted by Crippen LogP contribution is -2.61. The first-order chi connectivity index (χ1) is 16.9. The molecule has 0 saturated carbocycles. The summed E-state index contributed by atoms with van der Waals surface area (Å²) in [6.07, 6.45) is 2.83. The highest BCUT2D eigenvalue weighted by atomic mass is 16.7. The van der Waals surface area contributed by atoms with Crippen LogP contribution in [-0.4, -0.2) is 69.7 Å². The van der Waals surface area contributed by atoms with Crippen LogP contribution < -0.4 is 4.74 Å². The molecule has 0 bridgehead atoms. The molecular weight excluding hydrogens is 460 g/mol. The summed E-state index contributed by atoms with van der Waals surface area (Å²) in [7, 11) is 0. The fourth-order valence-electron chi connectivity index (χ4n) is 4.34. The quantitative estimate of drug-likeness (QED) is 0.308. The van der Waals surface area contributed by atoms with Gasteiger partial charge in [-0.3, -0.25) is 9.59 Å². The highest BCUT2D eigenvalue weighted by molar-refractivity contribution is 5.75. The van der Waals surface area contributed by atoms with Gasteiger partial charge in [0.25, 0.3) is 0 Å². The van der Waals surface area contributed by atoms with Crippen LogP contribution in [0.1, 0.15) is 31.2 Å². The number of hydrogen-bond donors (Lipinski definition) is 4. The van der Waals surface area contributed by atoms with E-state index in [1.807, 2.05) is 12.2 Å². The molecule has 35 heavy (non-hydrogen) atoms. The molecule has 0 amide bonds. The Bertz CT molecular complexity index is 971. The monoisotopic (exact) mass is 490 g/mol. The summed E-state index contributed by atoms with van der Waals surface area (Å²) in [6.45, 7) is -0.815. The standard InChI is InChI=1S/C25H30O10/c26-12-16-11-17(27)9-10-18(16)33-25-22(35-24(31)15-7-3-4-8-15)21(29)20(28)19(34-25)13-32-23(30)14-5-1-2-6-14/h1,3,5,7,9-11,14-15,19-22,25-29H,2,4,6,8,12-13H2. The first-order valence-corrected chi connectivity index (χ1v) is 11.7. The summed E-state index contributed by atoms with van der Waals surface area (Å²) in [6, 6.07) is 4.02. The molecule has 7 unspecified atom stereocenters. The van der Waals surface area contributed by atoms with Gasteiger partial charge in [0.1, 0.15) is 36.4 Å². The maximum Gasteiger partial charge on any atom is 0.313 e. The summed E-state index contributed by atoms with van der Waals surface area (Å²) in [5.74, 6) is -1.90. The van der Waals surface area contributed by atoms with E-state index in [4.69, 9.17) is 18.9 Å². The van der Waals surface area contributed by atoms with Crippen LogP contribution in [0.4, 0.5) is 0 Å². The predicted molar refractivity (Wildman–Crippen MR) is 120 cm³/mol. The largest absolute Gasteiger partial charge is 0.508 e. The van der Waals surface area contributed by atoms with Crippen molar-refractivity contribution in [1.29, 1.82) is 0 Å². The first kappa shape index (κ1) is 25.2. The van der Waals surface area contributed by atoms with E-state index < -0.39 is 55.2 Å². The number of ether oxygens (including phenoxy) is 4. The molecule has 7 atom stereocenters. The number of aliphatic hydroxyl groups excluding tert-OH is 3. The van der Waals surface area contributed by atoms with Crippen LogP contribution in [0.3, 0.4) is 0 Å². The third-order valence-corrected chi connectivity index (χ3v) is 6.38. The van der Waals surface area contributed by atoms with E-state index in [9.17, 15) is 30.0 Å². The third kappa shape index (κ3) is 5.84. The molecule has 4 N–H and O–H groups in total. The number of rotatable bonds is 8. The Morgan fingerprint density at radius 3 is 2.31 bits per heavy atom. The maximum absolute atomic E-state index is 12.6. The summed E-state index contributed by atoms with van der Waals surface area (Å²) in [5, 5.41) is 40.9. The van der Waals surface area contributed by atoms with E-state index in [2.05, 4.69) is 0 Å². The van der Waals surface area contributed by atoms with Crippen molar-refractivity contribution in [2.24, 2.45) is 11.8 Å². The van der Waals surface area contributed by atoms with E-state index in [0.717, 1.165) is 12.8 Å². The number of phenols is 1. The predicted octanol–water partition coefficient (Wildman–Crippen LogP) is 1.10. The van der Waals surface area contributed by atoms with E-state index in [1.165, 1.54) is 18.2 Å². The molecular formula is C25H30O10. The highest BCUT2D eigenvalue weighted by Gasteiger charge is 2.49. The van der Waals surface area contributed by atoms with Crippen LogP contribution in [0.5, 0.6) is 11.5 Å². The lowest BCUT2D eigenvalue weighted by atomic mass is 9.98. The van der Waals surface area contributed by atoms with E-state index in [0.29, 0.717) is 12.8 Å². The van der Waals surface area contributed by atoms with Gasteiger partial charge in [0.05, 0.1) is 18.4 Å². The van der Waals surface area contributed by atoms with Gasteiger partial charge in [-0.05, 0) is 43.9 Å². The molecule has 3 aliphatic rings. The summed E-state index contributed by atoms with van der Waals surface area (Å²) >= 11 is 0. The molecule has 10 heteroatoms. The lowest BCUT2D eigenvalue weighted by molar-refractivity contribution is -0.284. The summed E-state index contributed by atoms with van der Waals surface area (Å²) in [5.41, 5.74) is 0.231. The number of benzene rings is 1. The fourth-order valence-corrected chi connectivity index (χ4v) is 4.34. The number of aromatic hydroxyl groups is 1. The summed E-state index contributed by atoms with van der Waals surface area (Å²) < 4.78 is 22.5. The van der Waals surface area contributed by atoms with E-state index >= 15 is 0 Å². The average molecular weight is 491 g/mol. The Hall–Kier alpha value is -2.92. The second kappa shape index (κ2) is 11.2. The molecule has 1 heterocycles. The van der Waals surface area contributed by atoms with Gasteiger partial charge in [0, 0.05) is 5.56 Å². The van der Waals surface area contributed by atoms with Crippen molar-refractivity contribution in [2.75, 3.05) is 6.61 Å². The van der Waals surface area contributed by atoms with E-state index in [-0.39, 0.29) is 29.6 Å². The van der Waals surface area contributed by atoms with Gasteiger partial charge in [0.15, 0.2) is 6.10 Å². The maximum atomic E-state index is 12.6. The van der Waals surface area contributed by atoms with Crippen LogP contribution >= 0.6 is 0 Å². The minimum absolute atomic E-state index is 0.0943. The molecule has 0 radical (unpaired) electrons. The highest BCUT2D eigenvalue weighted by Crippen LogP contribution is 2.31. The first-order valence-electron chi connectivity index (χ1n) is 11.7. The van der Waals surface area contributed by atoms with Crippen LogP contribution in [0, 0.1) is 11.8 Å². The number of aliphatic hydroxyl groups is 3. The minimum Gasteiger partial charge on any atom is -0.508 e. The number of allylic oxidation sites excluding steroid dienone is 2. The number of carbonyl (C=O) groups is 2. The molecule has 0 spiro atoms. The Kier molecular flexibility index (Phi) is 8.07. The molecule has 1 aliphatic heterocycles. The van der Waals surface area contributed by atoms with Crippen molar-refractivity contribution >= 4 is 11.9 Å². The van der Waals surface area contributed by atoms with Gasteiger partial charge in [-0.25, -0.2) is 0 Å². The number of hydrogen-bond acceptors (Lipinski definition) is 10. The second-order valence-electron chi connectivity index (χ2n) is 8.85. The van der Waals surface area contributed by atoms with Crippen molar-refractivity contribution in [1.82, 2.24) is 0 Å². The molecule has 1 fully saturated rings. The van der Waals surface area contributed by atoms with Crippen molar-refractivity contribution in [3.8, 4) is 11.5 Å². The van der Waals surface area contributed by atoms with Crippen LogP contribution in [0.15, 0.2) is 42.5 Å². The average Bonchev–Trinajstić information content (AvgIpc) is 3.58. The molecule has 1 aromatic rings. The summed E-state index contributed by atoms with van der Waals surface area (Å²) in [4.78, 5) is 24.9. The van der Waals surface area contributed by atoms with Gasteiger partial charge in [-0.1, -0.05) is 24.3 Å². The second-order valence-corrected chi connectivity index (χ2v) is 8.85. The zero-order valence-electron chi connectivity index (χ0n) is 19.1. The Morgan fingerprint density at radius 2 is 1.69 bits per heavy atom. The minimum atomic E-state index is -1.60. The van der Waals surface area contributed by atoms with Crippen LogP contribution in [0.2, 0.25) is 0 Å². The number of carbonyl (C=O) groups excluding carboxylic acids is 2. The number of phenolic OH excluding ortho intramolecular Hbond substituents is 1. The van der Waals surface area contributed by atoms with Gasteiger partial charge in [0.2, 0.25) is 6.29 Å². The molecule has 190 valence electrons. The fraction of sp³-hybridized carbons (Fsp3) is 0.520. The molecule has 10 nitrogen and oxygen atoms in total. The van der Waals surface area contributed by atoms with Crippen molar-refractivity contribution in [3.63, 3.8) is 0 Å². The van der Waals surface area contributed by atoms with Crippen molar-refractivity contribution in [2.45, 2.75) is 63.0 Å². The van der Waals surface area contributed by atoms with Gasteiger partial charge >= 0.3 is 11.9 Å². The Balaban J connectivity index is 1.51. The topological polar surface area (TPSA) is 152 Å². The van der Waals surface area contributed by atoms with Gasteiger partial charge < -0.3 is 39.4 Å². The zero-order valence-corrected chi connectivity index (χ0v) is 19.1. The number of esters is 2. The smallest absolute Gasteiger partial charge is 0.313 e. The van der Waals surface area contributed by atoms with E-state index in [1.54, 1.807) is 12.2 Å². The molecule has 1 saturated heterocycles. The molecule has 1 aromatic carbocycles. The SMILES string of the molecule is O=C(OCC1OC(Oc2ccc(O)cc2CO)C(OC(=O)C2C=CCC2)C(O)C1O)C1C=CCC1. The third-order valence-electron chi connectivity index (χ3n) is 6.38. The lowest BCUT2D eigenvalue weighted by Gasteiger charge is -2.42. The molecule has 0 aromatic heterocycles. The van der Waals surface area contributed by atoms with Crippen molar-refractivity contribution in [3.05, 3.63) is 48.1 Å². The molecule has 2 aliphatic carbocycles. The van der Waals surface area contributed by atoms with Crippen LogP contribution in [-0.2, 0) is 30.4 Å². The Morgan fingerprint density at radius 1 is 1.00 bits per heavy atom. The van der Waals surface area contributed by atoms with Crippen molar-refractivity contribution < 1.29 is 49.0 Å². The van der Waals surface area contributed by atoms with Gasteiger partial charge in [-0.2, -0.15) is 0 Å². The van der Waals surface area contributed by atoms with Crippen LogP contribution in [0.25, 0.3) is 0 Å². The van der Waals surface area contributed by atoms with Gasteiger partial charge in [-0.15, -0.1) is 0 Å². The normalized spacial score (nSPS) is 31.9.